The zero-order valence-electron chi connectivity index (χ0n) is 15.4. The van der Waals surface area contributed by atoms with E-state index in [2.05, 4.69) is 49.8 Å². The number of benzene rings is 1. The van der Waals surface area contributed by atoms with E-state index in [1.165, 1.54) is 22.3 Å². The van der Waals surface area contributed by atoms with E-state index in [1.807, 2.05) is 0 Å². The normalized spacial score (nSPS) is 28.6. The summed E-state index contributed by atoms with van der Waals surface area (Å²) in [5.41, 5.74) is 4.85. The lowest BCUT2D eigenvalue weighted by Gasteiger charge is -2.52. The molecule has 0 radical (unpaired) electrons. The molecule has 0 unspecified atom stereocenters. The van der Waals surface area contributed by atoms with Crippen LogP contribution < -0.4 is 0 Å². The van der Waals surface area contributed by atoms with Crippen LogP contribution in [0.2, 0.25) is 0 Å². The number of carbonyl (C=O) groups is 1. The Balaban J connectivity index is 1.79. The molecule has 132 valence electrons. The van der Waals surface area contributed by atoms with Gasteiger partial charge in [-0.25, -0.2) is 0 Å². The van der Waals surface area contributed by atoms with E-state index in [0.717, 1.165) is 45.4 Å². The number of hydrogen-bond acceptors (Lipinski definition) is 3. The number of nitrogens with zero attached hydrogens (tertiary/aromatic N) is 2. The molecule has 24 heavy (non-hydrogen) atoms. The van der Waals surface area contributed by atoms with Crippen LogP contribution in [0.5, 0.6) is 0 Å². The maximum absolute atomic E-state index is 12.0. The summed E-state index contributed by atoms with van der Waals surface area (Å²) in [6.07, 6.45) is 2.59. The highest BCUT2D eigenvalue weighted by Crippen LogP contribution is 2.42. The molecule has 2 heterocycles. The standard InChI is InChI=1S/C20H30N2O2/c1-14-10-16(3)17(11-15(14)2)12-22-9-7-20(19(23)24)6-5-8-21(4)18(20)13-22/h10-11,18H,5-9,12-13H2,1-4H3,(H,23,24)/t18-,20+/m1/s1. The van der Waals surface area contributed by atoms with Gasteiger partial charge >= 0.3 is 5.97 Å². The van der Waals surface area contributed by atoms with Crippen molar-refractivity contribution in [3.63, 3.8) is 0 Å². The molecular weight excluding hydrogens is 300 g/mol. The zero-order chi connectivity index (χ0) is 17.5. The van der Waals surface area contributed by atoms with Gasteiger partial charge in [0.2, 0.25) is 0 Å². The van der Waals surface area contributed by atoms with Crippen molar-refractivity contribution in [3.8, 4) is 0 Å². The van der Waals surface area contributed by atoms with Crippen molar-refractivity contribution in [1.82, 2.24) is 9.80 Å². The predicted octanol–water partition coefficient (Wildman–Crippen LogP) is 2.98. The van der Waals surface area contributed by atoms with Crippen molar-refractivity contribution in [2.24, 2.45) is 5.41 Å². The van der Waals surface area contributed by atoms with Crippen LogP contribution in [0.15, 0.2) is 12.1 Å². The van der Waals surface area contributed by atoms with Crippen molar-refractivity contribution in [3.05, 3.63) is 34.4 Å². The third-order valence-corrected chi connectivity index (χ3v) is 6.38. The van der Waals surface area contributed by atoms with Gasteiger partial charge < -0.3 is 10.0 Å². The average Bonchev–Trinajstić information content (AvgIpc) is 2.53. The monoisotopic (exact) mass is 330 g/mol. The maximum Gasteiger partial charge on any atom is 0.311 e. The number of likely N-dealkylation sites (tertiary alicyclic amines) is 2. The third-order valence-electron chi connectivity index (χ3n) is 6.38. The minimum atomic E-state index is -0.596. The maximum atomic E-state index is 12.0. The molecule has 1 N–H and O–H groups in total. The second-order valence-corrected chi connectivity index (χ2v) is 7.91. The molecule has 4 nitrogen and oxygen atoms in total. The van der Waals surface area contributed by atoms with Gasteiger partial charge in [-0.1, -0.05) is 12.1 Å². The van der Waals surface area contributed by atoms with Crippen LogP contribution in [-0.2, 0) is 11.3 Å². The minimum Gasteiger partial charge on any atom is -0.481 e. The lowest BCUT2D eigenvalue weighted by molar-refractivity contribution is -0.162. The van der Waals surface area contributed by atoms with E-state index in [-0.39, 0.29) is 6.04 Å². The molecule has 0 spiro atoms. The number of aliphatic carboxylic acids is 1. The molecule has 0 saturated carbocycles. The molecule has 1 aromatic carbocycles. The van der Waals surface area contributed by atoms with Crippen molar-refractivity contribution >= 4 is 5.97 Å². The molecule has 1 aromatic rings. The molecule has 0 bridgehead atoms. The van der Waals surface area contributed by atoms with Gasteiger partial charge in [0, 0.05) is 19.1 Å². The summed E-state index contributed by atoms with van der Waals surface area (Å²) in [5, 5.41) is 9.88. The van der Waals surface area contributed by atoms with Gasteiger partial charge in [0.1, 0.15) is 0 Å². The number of carboxylic acids is 1. The first-order valence-corrected chi connectivity index (χ1v) is 9.06. The van der Waals surface area contributed by atoms with Crippen molar-refractivity contribution < 1.29 is 9.90 Å². The predicted molar refractivity (Wildman–Crippen MR) is 96.3 cm³/mol. The van der Waals surface area contributed by atoms with Crippen LogP contribution in [0, 0.1) is 26.2 Å². The van der Waals surface area contributed by atoms with E-state index < -0.39 is 11.4 Å². The van der Waals surface area contributed by atoms with Gasteiger partial charge in [0.15, 0.2) is 0 Å². The van der Waals surface area contributed by atoms with Crippen molar-refractivity contribution in [2.45, 2.75) is 52.6 Å². The molecule has 2 aliphatic rings. The largest absolute Gasteiger partial charge is 0.481 e. The highest BCUT2D eigenvalue weighted by Gasteiger charge is 2.52. The van der Waals surface area contributed by atoms with E-state index in [9.17, 15) is 9.90 Å². The summed E-state index contributed by atoms with van der Waals surface area (Å²) < 4.78 is 0. The van der Waals surface area contributed by atoms with Gasteiger partial charge in [0.25, 0.3) is 0 Å². The molecule has 2 saturated heterocycles. The van der Waals surface area contributed by atoms with Crippen molar-refractivity contribution in [1.29, 1.82) is 0 Å². The highest BCUT2D eigenvalue weighted by molar-refractivity contribution is 5.76. The summed E-state index contributed by atoms with van der Waals surface area (Å²) in [5.74, 6) is -0.596. The van der Waals surface area contributed by atoms with Gasteiger partial charge in [-0.2, -0.15) is 0 Å². The van der Waals surface area contributed by atoms with E-state index >= 15 is 0 Å². The Hall–Kier alpha value is -1.39. The number of hydrogen-bond donors (Lipinski definition) is 1. The minimum absolute atomic E-state index is 0.129. The van der Waals surface area contributed by atoms with Gasteiger partial charge in [-0.05, 0) is 82.4 Å². The molecule has 2 fully saturated rings. The number of rotatable bonds is 3. The Morgan fingerprint density at radius 3 is 2.58 bits per heavy atom. The first kappa shape index (κ1) is 17.4. The third kappa shape index (κ3) is 2.98. The zero-order valence-corrected chi connectivity index (χ0v) is 15.4. The molecule has 4 heteroatoms. The topological polar surface area (TPSA) is 43.8 Å². The van der Waals surface area contributed by atoms with Crippen LogP contribution >= 0.6 is 0 Å². The number of likely N-dealkylation sites (N-methyl/N-ethyl adjacent to an activating group) is 1. The smallest absolute Gasteiger partial charge is 0.311 e. The molecule has 2 aliphatic heterocycles. The van der Waals surface area contributed by atoms with E-state index in [4.69, 9.17) is 0 Å². The summed E-state index contributed by atoms with van der Waals surface area (Å²) in [7, 11) is 2.09. The summed E-state index contributed by atoms with van der Waals surface area (Å²) in [6.45, 7) is 10.2. The summed E-state index contributed by atoms with van der Waals surface area (Å²) >= 11 is 0. The van der Waals surface area contributed by atoms with Crippen LogP contribution in [0.3, 0.4) is 0 Å². The van der Waals surface area contributed by atoms with Crippen molar-refractivity contribution in [2.75, 3.05) is 26.7 Å². The summed E-state index contributed by atoms with van der Waals surface area (Å²) in [6, 6.07) is 4.70. The highest BCUT2D eigenvalue weighted by atomic mass is 16.4. The van der Waals surface area contributed by atoms with Crippen LogP contribution in [0.25, 0.3) is 0 Å². The fraction of sp³-hybridized carbons (Fsp3) is 0.650. The van der Waals surface area contributed by atoms with Gasteiger partial charge in [-0.3, -0.25) is 9.69 Å². The summed E-state index contributed by atoms with van der Waals surface area (Å²) in [4.78, 5) is 16.7. The quantitative estimate of drug-likeness (QED) is 0.925. The SMILES string of the molecule is Cc1cc(C)c(CN2CC[C@@]3(C(=O)O)CCCN(C)[C@@H]3C2)cc1C. The molecular formula is C20H30N2O2. The number of carboxylic acid groups (broad SMARTS) is 1. The second-order valence-electron chi connectivity index (χ2n) is 7.91. The number of aryl methyl sites for hydroxylation is 3. The van der Waals surface area contributed by atoms with Crippen LogP contribution in [0.1, 0.15) is 41.5 Å². The Bertz CT molecular complexity index is 643. The lowest BCUT2D eigenvalue weighted by atomic mass is 9.68. The molecule has 0 aliphatic carbocycles. The fourth-order valence-electron chi connectivity index (χ4n) is 4.62. The number of fused-ring (bicyclic) bond motifs is 1. The molecule has 0 amide bonds. The van der Waals surface area contributed by atoms with Crippen LogP contribution in [-0.4, -0.2) is 53.6 Å². The molecule has 2 atom stereocenters. The molecule has 3 rings (SSSR count). The Kier molecular flexibility index (Phi) is 4.71. The Morgan fingerprint density at radius 2 is 1.88 bits per heavy atom. The Labute approximate surface area is 145 Å². The van der Waals surface area contributed by atoms with E-state index in [0.29, 0.717) is 0 Å². The lowest BCUT2D eigenvalue weighted by Crippen LogP contribution is -2.62. The second kappa shape index (κ2) is 6.49. The Morgan fingerprint density at radius 1 is 1.17 bits per heavy atom. The number of piperidine rings is 2. The fourth-order valence-corrected chi connectivity index (χ4v) is 4.62. The van der Waals surface area contributed by atoms with E-state index in [1.54, 1.807) is 0 Å². The van der Waals surface area contributed by atoms with Gasteiger partial charge in [0.05, 0.1) is 5.41 Å². The molecule has 0 aromatic heterocycles. The van der Waals surface area contributed by atoms with Gasteiger partial charge in [-0.15, -0.1) is 0 Å². The first-order chi connectivity index (χ1) is 11.3. The average molecular weight is 330 g/mol. The first-order valence-electron chi connectivity index (χ1n) is 9.06. The van der Waals surface area contributed by atoms with Crippen LogP contribution in [0.4, 0.5) is 0 Å².